The summed E-state index contributed by atoms with van der Waals surface area (Å²) in [5, 5.41) is 10.7. The van der Waals surface area contributed by atoms with Gasteiger partial charge >= 0.3 is 0 Å². The van der Waals surface area contributed by atoms with Gasteiger partial charge in [0.25, 0.3) is 5.91 Å². The third-order valence-corrected chi connectivity index (χ3v) is 7.23. The lowest BCUT2D eigenvalue weighted by Gasteiger charge is -2.50. The molecule has 3 aliphatic rings. The molecule has 5 rings (SSSR count). The van der Waals surface area contributed by atoms with Crippen molar-refractivity contribution in [2.45, 2.75) is 57.8 Å². The van der Waals surface area contributed by atoms with Crippen LogP contribution in [0.15, 0.2) is 29.2 Å². The minimum Gasteiger partial charge on any atom is -0.503 e. The molecule has 0 unspecified atom stereocenters. The number of carbonyl (C=O) groups excluding carboxylic acids is 2. The number of Topliss-reactive ketones (excluding diaryl/α,β-unsaturated/α-hetero) is 1. The van der Waals surface area contributed by atoms with Gasteiger partial charge in [0, 0.05) is 37.8 Å². The number of aryl methyl sites for hydroxylation is 1. The van der Waals surface area contributed by atoms with E-state index in [9.17, 15) is 28.3 Å². The smallest absolute Gasteiger partial charge is 0.276 e. The SMILES string of the molecule is C[C@H]1CCN(CC2CC2)[C@@H]2Cn3cc(C(=O)CCc4ccc(F)cc4F)c(=O)c(O)c3C(=O)N12. The number of pyridine rings is 1. The zero-order chi connectivity index (χ0) is 24.1. The lowest BCUT2D eigenvalue weighted by molar-refractivity contribution is -0.0342. The molecule has 1 N–H and O–H groups in total. The highest BCUT2D eigenvalue weighted by atomic mass is 19.1. The van der Waals surface area contributed by atoms with Crippen molar-refractivity contribution in [3.05, 3.63) is 63.1 Å². The fourth-order valence-electron chi connectivity index (χ4n) is 5.12. The van der Waals surface area contributed by atoms with Gasteiger partial charge in [-0.2, -0.15) is 0 Å². The van der Waals surface area contributed by atoms with E-state index in [1.807, 2.05) is 6.92 Å². The third kappa shape index (κ3) is 4.02. The molecule has 1 aliphatic carbocycles. The molecule has 9 heteroatoms. The van der Waals surface area contributed by atoms with Crippen molar-refractivity contribution < 1.29 is 23.5 Å². The third-order valence-electron chi connectivity index (χ3n) is 7.23. The summed E-state index contributed by atoms with van der Waals surface area (Å²) in [6.45, 7) is 4.08. The van der Waals surface area contributed by atoms with Crippen molar-refractivity contribution in [2.24, 2.45) is 5.92 Å². The molecule has 2 fully saturated rings. The highest BCUT2D eigenvalue weighted by Crippen LogP contribution is 2.35. The van der Waals surface area contributed by atoms with E-state index in [-0.39, 0.29) is 41.9 Å². The Balaban J connectivity index is 1.43. The summed E-state index contributed by atoms with van der Waals surface area (Å²) in [4.78, 5) is 43.1. The Kier molecular flexibility index (Phi) is 5.75. The van der Waals surface area contributed by atoms with E-state index in [0.717, 1.165) is 31.6 Å². The van der Waals surface area contributed by atoms with Crippen LogP contribution in [-0.2, 0) is 13.0 Å². The summed E-state index contributed by atoms with van der Waals surface area (Å²) in [5.41, 5.74) is -1.07. The van der Waals surface area contributed by atoms with Crippen molar-refractivity contribution in [1.82, 2.24) is 14.4 Å². The minimum atomic E-state index is -0.901. The Morgan fingerprint density at radius 1 is 1.18 bits per heavy atom. The van der Waals surface area contributed by atoms with E-state index < -0.39 is 34.5 Å². The van der Waals surface area contributed by atoms with Crippen LogP contribution >= 0.6 is 0 Å². The number of benzene rings is 1. The highest BCUT2D eigenvalue weighted by molar-refractivity contribution is 6.00. The van der Waals surface area contributed by atoms with Gasteiger partial charge in [0.1, 0.15) is 17.8 Å². The van der Waals surface area contributed by atoms with Crippen LogP contribution < -0.4 is 5.43 Å². The topological polar surface area (TPSA) is 82.9 Å². The van der Waals surface area contributed by atoms with Crippen LogP contribution in [0.2, 0.25) is 0 Å². The molecule has 0 bridgehead atoms. The lowest BCUT2D eigenvalue weighted by atomic mass is 10.00. The fraction of sp³-hybridized carbons (Fsp3) is 0.480. The molecule has 1 amide bonds. The summed E-state index contributed by atoms with van der Waals surface area (Å²) < 4.78 is 28.6. The molecule has 2 aliphatic heterocycles. The Bertz CT molecular complexity index is 1220. The van der Waals surface area contributed by atoms with Gasteiger partial charge < -0.3 is 14.6 Å². The van der Waals surface area contributed by atoms with Crippen molar-refractivity contribution in [3.63, 3.8) is 0 Å². The molecule has 0 spiro atoms. The first-order valence-corrected chi connectivity index (χ1v) is 11.7. The first kappa shape index (κ1) is 22.7. The summed E-state index contributed by atoms with van der Waals surface area (Å²) in [6, 6.07) is 3.09. The molecule has 1 saturated carbocycles. The maximum atomic E-state index is 13.9. The Hall–Kier alpha value is -3.07. The molecule has 34 heavy (non-hydrogen) atoms. The first-order valence-electron chi connectivity index (χ1n) is 11.7. The van der Waals surface area contributed by atoms with E-state index in [4.69, 9.17) is 0 Å². The van der Waals surface area contributed by atoms with Crippen LogP contribution in [-0.4, -0.2) is 56.5 Å². The van der Waals surface area contributed by atoms with Gasteiger partial charge in [-0.15, -0.1) is 0 Å². The Morgan fingerprint density at radius 2 is 1.94 bits per heavy atom. The largest absolute Gasteiger partial charge is 0.503 e. The molecule has 180 valence electrons. The summed E-state index contributed by atoms with van der Waals surface area (Å²) in [7, 11) is 0. The van der Waals surface area contributed by atoms with Gasteiger partial charge in [-0.3, -0.25) is 19.3 Å². The number of rotatable bonds is 6. The maximum Gasteiger partial charge on any atom is 0.276 e. The molecule has 1 aromatic heterocycles. The number of hydrogen-bond acceptors (Lipinski definition) is 5. The second-order valence-electron chi connectivity index (χ2n) is 9.65. The van der Waals surface area contributed by atoms with E-state index in [1.165, 1.54) is 29.7 Å². The summed E-state index contributed by atoms with van der Waals surface area (Å²) in [6.07, 6.45) is 4.12. The van der Waals surface area contributed by atoms with Crippen LogP contribution in [0.4, 0.5) is 8.78 Å². The van der Waals surface area contributed by atoms with Crippen molar-refractivity contribution in [3.8, 4) is 5.75 Å². The maximum absolute atomic E-state index is 13.9. The number of carbonyl (C=O) groups is 2. The number of fused-ring (bicyclic) bond motifs is 2. The number of hydrogen-bond donors (Lipinski definition) is 1. The monoisotopic (exact) mass is 471 g/mol. The quantitative estimate of drug-likeness (QED) is 0.655. The second kappa shape index (κ2) is 8.61. The molecule has 1 saturated heterocycles. The van der Waals surface area contributed by atoms with Crippen molar-refractivity contribution in [2.75, 3.05) is 13.1 Å². The van der Waals surface area contributed by atoms with E-state index in [0.29, 0.717) is 12.5 Å². The van der Waals surface area contributed by atoms with Crippen LogP contribution in [0.3, 0.4) is 0 Å². The second-order valence-corrected chi connectivity index (χ2v) is 9.65. The Morgan fingerprint density at radius 3 is 2.65 bits per heavy atom. The van der Waals surface area contributed by atoms with E-state index in [2.05, 4.69) is 4.90 Å². The van der Waals surface area contributed by atoms with Crippen LogP contribution in [0, 0.1) is 17.6 Å². The predicted molar refractivity (Wildman–Crippen MR) is 120 cm³/mol. The molecule has 2 atom stereocenters. The first-order chi connectivity index (χ1) is 16.2. The highest BCUT2D eigenvalue weighted by Gasteiger charge is 2.44. The molecular formula is C25H27F2N3O4. The van der Waals surface area contributed by atoms with E-state index in [1.54, 1.807) is 4.90 Å². The standard InChI is InChI=1S/C25H27F2N3O4/c1-14-8-9-28(11-15-2-3-15)21-13-29-12-18(23(32)24(33)22(29)25(34)30(14)21)20(31)7-5-16-4-6-17(26)10-19(16)27/h4,6,10,12,14-15,21,33H,2-3,5,7-9,11,13H2,1H3/t14-,21-/m0/s1. The van der Waals surface area contributed by atoms with Gasteiger partial charge in [-0.1, -0.05) is 6.07 Å². The van der Waals surface area contributed by atoms with Gasteiger partial charge in [0.05, 0.1) is 12.1 Å². The minimum absolute atomic E-state index is 0.0189. The molecular weight excluding hydrogens is 444 g/mol. The average molecular weight is 472 g/mol. The van der Waals surface area contributed by atoms with Gasteiger partial charge in [-0.05, 0) is 50.2 Å². The van der Waals surface area contributed by atoms with Crippen LogP contribution in [0.5, 0.6) is 5.75 Å². The fourth-order valence-corrected chi connectivity index (χ4v) is 5.12. The predicted octanol–water partition coefficient (Wildman–Crippen LogP) is 2.93. The summed E-state index contributed by atoms with van der Waals surface area (Å²) >= 11 is 0. The van der Waals surface area contributed by atoms with Gasteiger partial charge in [0.2, 0.25) is 5.43 Å². The zero-order valence-corrected chi connectivity index (χ0v) is 19.0. The number of aromatic hydroxyl groups is 1. The summed E-state index contributed by atoms with van der Waals surface area (Å²) in [5.74, 6) is -2.54. The number of halogens is 2. The number of ketones is 1. The number of nitrogens with zero attached hydrogens (tertiary/aromatic N) is 3. The molecule has 3 heterocycles. The van der Waals surface area contributed by atoms with E-state index >= 15 is 0 Å². The lowest BCUT2D eigenvalue weighted by Crippen LogP contribution is -2.64. The normalized spacial score (nSPS) is 22.4. The van der Waals surface area contributed by atoms with Gasteiger partial charge in [0.15, 0.2) is 17.2 Å². The Labute approximate surface area is 195 Å². The van der Waals surface area contributed by atoms with Crippen molar-refractivity contribution in [1.29, 1.82) is 0 Å². The molecule has 0 radical (unpaired) electrons. The number of aromatic nitrogens is 1. The van der Waals surface area contributed by atoms with Crippen LogP contribution in [0.1, 0.15) is 59.0 Å². The van der Waals surface area contributed by atoms with Crippen molar-refractivity contribution >= 4 is 11.7 Å². The average Bonchev–Trinajstić information content (AvgIpc) is 3.61. The number of amides is 1. The van der Waals surface area contributed by atoms with Crippen LogP contribution in [0.25, 0.3) is 0 Å². The van der Waals surface area contributed by atoms with Gasteiger partial charge in [-0.25, -0.2) is 8.78 Å². The molecule has 1 aromatic carbocycles. The zero-order valence-electron chi connectivity index (χ0n) is 19.0. The molecule has 2 aromatic rings. The molecule has 7 nitrogen and oxygen atoms in total.